The Balaban J connectivity index is 0.000000472. The van der Waals surface area contributed by atoms with E-state index in [9.17, 15) is 13.2 Å². The Kier molecular flexibility index (Phi) is 7.78. The number of quaternary nitrogens is 1. The Morgan fingerprint density at radius 1 is 1.05 bits per heavy atom. The molecule has 8 heteroatoms. The molecule has 0 bridgehead atoms. The van der Waals surface area contributed by atoms with E-state index in [0.717, 1.165) is 10.9 Å². The van der Waals surface area contributed by atoms with Gasteiger partial charge in [0.15, 0.2) is 0 Å². The number of rotatable bonds is 3. The van der Waals surface area contributed by atoms with Crippen molar-refractivity contribution in [1.29, 1.82) is 0 Å². The van der Waals surface area contributed by atoms with Crippen molar-refractivity contribution in [2.24, 2.45) is 0 Å². The Labute approximate surface area is 129 Å². The first-order valence-electron chi connectivity index (χ1n) is 6.38. The third kappa shape index (κ3) is 10.4. The van der Waals surface area contributed by atoms with Crippen LogP contribution < -0.4 is 0 Å². The molecule has 0 saturated heterocycles. The molecular formula is C14H21F3NO3S+. The van der Waals surface area contributed by atoms with Crippen LogP contribution in [0.2, 0.25) is 0 Å². The molecule has 1 aliphatic rings. The molecule has 0 atom stereocenters. The van der Waals surface area contributed by atoms with Crippen LogP contribution in [0.3, 0.4) is 0 Å². The van der Waals surface area contributed by atoms with Crippen LogP contribution in [0.25, 0.3) is 0 Å². The lowest BCUT2D eigenvalue weighted by atomic mass is 10.1. The summed E-state index contributed by atoms with van der Waals surface area (Å²) >= 11 is 0. The van der Waals surface area contributed by atoms with Gasteiger partial charge in [0.2, 0.25) is 0 Å². The fourth-order valence-electron chi connectivity index (χ4n) is 1.24. The van der Waals surface area contributed by atoms with E-state index in [1.54, 1.807) is 0 Å². The monoisotopic (exact) mass is 340 g/mol. The molecule has 0 aliphatic heterocycles. The second-order valence-electron chi connectivity index (χ2n) is 5.56. The molecular weight excluding hydrogens is 319 g/mol. The fourth-order valence-corrected chi connectivity index (χ4v) is 1.24. The van der Waals surface area contributed by atoms with Gasteiger partial charge in [-0.25, -0.2) is 0 Å². The highest BCUT2D eigenvalue weighted by atomic mass is 32.2. The van der Waals surface area contributed by atoms with Gasteiger partial charge in [0, 0.05) is 6.42 Å². The quantitative estimate of drug-likeness (QED) is 0.488. The first-order chi connectivity index (χ1) is 9.83. The van der Waals surface area contributed by atoms with E-state index < -0.39 is 15.6 Å². The molecule has 0 saturated carbocycles. The molecule has 1 N–H and O–H groups in total. The average molecular weight is 340 g/mol. The molecule has 0 aromatic carbocycles. The SMILES string of the molecule is C[N+](C)(C)CCC1=CC=CC=CC=C1.O=S(=O)(O)C(F)(F)F. The van der Waals surface area contributed by atoms with Crippen molar-refractivity contribution in [3.63, 3.8) is 0 Å². The van der Waals surface area contributed by atoms with Crippen molar-refractivity contribution < 1.29 is 30.6 Å². The summed E-state index contributed by atoms with van der Waals surface area (Å²) in [7, 11) is 0.835. The molecule has 22 heavy (non-hydrogen) atoms. The normalized spacial score (nSPS) is 15.5. The number of hydrogen-bond acceptors (Lipinski definition) is 2. The van der Waals surface area contributed by atoms with E-state index >= 15 is 0 Å². The van der Waals surface area contributed by atoms with Crippen LogP contribution in [0, 0.1) is 0 Å². The zero-order valence-corrected chi connectivity index (χ0v) is 13.5. The van der Waals surface area contributed by atoms with Gasteiger partial charge < -0.3 is 4.48 Å². The summed E-state index contributed by atoms with van der Waals surface area (Å²) in [6.07, 6.45) is 15.9. The molecule has 126 valence electrons. The molecule has 0 spiro atoms. The van der Waals surface area contributed by atoms with E-state index in [0.29, 0.717) is 0 Å². The van der Waals surface area contributed by atoms with Crippen LogP contribution in [0.5, 0.6) is 0 Å². The molecule has 4 nitrogen and oxygen atoms in total. The van der Waals surface area contributed by atoms with Gasteiger partial charge in [-0.2, -0.15) is 21.6 Å². The van der Waals surface area contributed by atoms with Gasteiger partial charge in [-0.1, -0.05) is 42.5 Å². The summed E-state index contributed by atoms with van der Waals surface area (Å²) in [5.74, 6) is 0. The van der Waals surface area contributed by atoms with Crippen LogP contribution in [-0.2, 0) is 10.1 Å². The van der Waals surface area contributed by atoms with Gasteiger partial charge in [-0.3, -0.25) is 4.55 Å². The van der Waals surface area contributed by atoms with Crippen LogP contribution >= 0.6 is 0 Å². The summed E-state index contributed by atoms with van der Waals surface area (Å²) in [6, 6.07) is 0. The summed E-state index contributed by atoms with van der Waals surface area (Å²) < 4.78 is 58.6. The maximum atomic E-state index is 10.7. The highest BCUT2D eigenvalue weighted by Crippen LogP contribution is 2.20. The minimum Gasteiger partial charge on any atom is -0.331 e. The van der Waals surface area contributed by atoms with Crippen LogP contribution in [0.1, 0.15) is 6.42 Å². The van der Waals surface area contributed by atoms with Gasteiger partial charge in [0.25, 0.3) is 0 Å². The molecule has 0 amide bonds. The van der Waals surface area contributed by atoms with Gasteiger partial charge in [0.1, 0.15) is 0 Å². The minimum absolute atomic E-state index is 1.02. The predicted molar refractivity (Wildman–Crippen MR) is 80.6 cm³/mol. The first kappa shape index (κ1) is 20.6. The second-order valence-corrected chi connectivity index (χ2v) is 6.97. The highest BCUT2D eigenvalue weighted by Gasteiger charge is 2.44. The van der Waals surface area contributed by atoms with Crippen molar-refractivity contribution in [2.75, 3.05) is 27.7 Å². The lowest BCUT2D eigenvalue weighted by Gasteiger charge is -2.23. The van der Waals surface area contributed by atoms with Crippen molar-refractivity contribution in [3.05, 3.63) is 48.1 Å². The van der Waals surface area contributed by atoms with Gasteiger partial charge in [-0.05, 0) is 5.57 Å². The lowest BCUT2D eigenvalue weighted by molar-refractivity contribution is -0.870. The predicted octanol–water partition coefficient (Wildman–Crippen LogP) is 3.09. The summed E-state index contributed by atoms with van der Waals surface area (Å²) in [5, 5.41) is 0. The minimum atomic E-state index is -5.84. The zero-order valence-electron chi connectivity index (χ0n) is 12.7. The molecule has 0 radical (unpaired) electrons. The molecule has 0 heterocycles. The largest absolute Gasteiger partial charge is 0.522 e. The zero-order chi connectivity index (χ0) is 17.4. The van der Waals surface area contributed by atoms with Crippen molar-refractivity contribution in [1.82, 2.24) is 0 Å². The van der Waals surface area contributed by atoms with E-state index in [4.69, 9.17) is 13.0 Å². The summed E-state index contributed by atoms with van der Waals surface area (Å²) in [6.45, 7) is 1.17. The fraction of sp³-hybridized carbons (Fsp3) is 0.429. The Morgan fingerprint density at radius 2 is 1.50 bits per heavy atom. The molecule has 1 rings (SSSR count). The lowest BCUT2D eigenvalue weighted by Crippen LogP contribution is -2.35. The number of halogens is 3. The molecule has 0 aromatic rings. The topological polar surface area (TPSA) is 54.4 Å². The second kappa shape index (κ2) is 8.30. The van der Waals surface area contributed by atoms with Crippen LogP contribution in [0.4, 0.5) is 13.2 Å². The van der Waals surface area contributed by atoms with Crippen LogP contribution in [0.15, 0.2) is 48.1 Å². The maximum Gasteiger partial charge on any atom is 0.522 e. The smallest absolute Gasteiger partial charge is 0.331 e. The van der Waals surface area contributed by atoms with Crippen molar-refractivity contribution in [3.8, 4) is 0 Å². The summed E-state index contributed by atoms with van der Waals surface area (Å²) in [5.41, 5.74) is -4.13. The van der Waals surface area contributed by atoms with Crippen molar-refractivity contribution >= 4 is 10.1 Å². The number of nitrogens with zero attached hydrogens (tertiary/aromatic N) is 1. The van der Waals surface area contributed by atoms with E-state index in [1.807, 2.05) is 6.08 Å². The summed E-state index contributed by atoms with van der Waals surface area (Å²) in [4.78, 5) is 0. The Bertz CT molecular complexity index is 565. The van der Waals surface area contributed by atoms with Gasteiger partial charge in [0.05, 0.1) is 27.7 Å². The van der Waals surface area contributed by atoms with Crippen molar-refractivity contribution in [2.45, 2.75) is 11.9 Å². The Hall–Kier alpha value is -1.38. The van der Waals surface area contributed by atoms with Gasteiger partial charge in [-0.15, -0.1) is 0 Å². The molecule has 0 fully saturated rings. The van der Waals surface area contributed by atoms with E-state index in [-0.39, 0.29) is 0 Å². The molecule has 0 aromatic heterocycles. The van der Waals surface area contributed by atoms with Gasteiger partial charge >= 0.3 is 15.6 Å². The highest BCUT2D eigenvalue weighted by molar-refractivity contribution is 7.86. The number of hydrogen-bond donors (Lipinski definition) is 1. The number of allylic oxidation sites excluding steroid dienone is 7. The average Bonchev–Trinajstić information content (AvgIpc) is 2.24. The molecule has 0 unspecified atom stereocenters. The third-order valence-corrected chi connectivity index (χ3v) is 3.01. The number of alkyl halides is 3. The van der Waals surface area contributed by atoms with Crippen LogP contribution in [-0.4, -0.2) is 50.6 Å². The maximum absolute atomic E-state index is 10.7. The van der Waals surface area contributed by atoms with E-state index in [1.165, 1.54) is 12.1 Å². The first-order valence-corrected chi connectivity index (χ1v) is 7.82. The van der Waals surface area contributed by atoms with E-state index in [2.05, 4.69) is 57.6 Å². The Morgan fingerprint density at radius 3 is 1.95 bits per heavy atom. The standard InChI is InChI=1S/C13H20N.CHF3O3S/c1-14(2,3)12-11-13-9-7-5-4-6-8-10-13;2-1(3,4)8(5,6)7/h4-10H,11-12H2,1-3H3;(H,5,6,7)/q+1;. The third-order valence-electron chi connectivity index (χ3n) is 2.43. The molecule has 1 aliphatic carbocycles.